The molecule has 0 aromatic heterocycles. The van der Waals surface area contributed by atoms with E-state index in [-0.39, 0.29) is 23.5 Å². The van der Waals surface area contributed by atoms with Crippen LogP contribution in [-0.4, -0.2) is 65.1 Å². The van der Waals surface area contributed by atoms with Crippen LogP contribution in [0, 0.1) is 0 Å². The average molecular weight is 369 g/mol. The molecule has 1 aromatic carbocycles. The molecule has 0 saturated carbocycles. The van der Waals surface area contributed by atoms with Crippen LogP contribution in [-0.2, 0) is 14.6 Å². The number of hydrogen-bond acceptors (Lipinski definition) is 6. The molecule has 0 N–H and O–H groups in total. The van der Waals surface area contributed by atoms with Crippen LogP contribution in [0.5, 0.6) is 17.2 Å². The molecule has 1 atom stereocenters. The molecule has 1 aliphatic rings. The van der Waals surface area contributed by atoms with Gasteiger partial charge in [-0.15, -0.1) is 0 Å². The Morgan fingerprint density at radius 1 is 1.12 bits per heavy atom. The van der Waals surface area contributed by atoms with Gasteiger partial charge in [0, 0.05) is 30.8 Å². The molecule has 0 bridgehead atoms. The standard InChI is InChI=1S/C17H23NO6S/c1-18(13-7-8-25(20,21)11-13)17(19)6-5-12-9-15(23-3)16(24-4)10-14(12)22-2/h5-6,9-10,13H,7-8,11H2,1-4H3/b6-5+. The molecular formula is C17H23NO6S. The Hall–Kier alpha value is -2.22. The van der Waals surface area contributed by atoms with Crippen molar-refractivity contribution in [2.75, 3.05) is 39.9 Å². The lowest BCUT2D eigenvalue weighted by molar-refractivity contribution is -0.126. The number of ether oxygens (including phenoxy) is 3. The van der Waals surface area contributed by atoms with E-state index in [4.69, 9.17) is 14.2 Å². The second kappa shape index (κ2) is 7.77. The van der Waals surface area contributed by atoms with Gasteiger partial charge in [-0.2, -0.15) is 0 Å². The number of carbonyl (C=O) groups excluding carboxylic acids is 1. The molecule has 1 heterocycles. The highest BCUT2D eigenvalue weighted by Gasteiger charge is 2.32. The SMILES string of the molecule is COc1cc(OC)c(OC)cc1/C=C/C(=O)N(C)C1CCS(=O)(=O)C1. The first kappa shape index (κ1) is 19.1. The predicted octanol–water partition coefficient (Wildman–Crippen LogP) is 1.37. The van der Waals surface area contributed by atoms with Crippen LogP contribution in [0.25, 0.3) is 6.08 Å². The monoisotopic (exact) mass is 369 g/mol. The van der Waals surface area contributed by atoms with E-state index in [2.05, 4.69) is 0 Å². The number of benzene rings is 1. The molecule has 7 nitrogen and oxygen atoms in total. The highest BCUT2D eigenvalue weighted by Crippen LogP contribution is 2.35. The van der Waals surface area contributed by atoms with Gasteiger partial charge in [-0.25, -0.2) is 8.42 Å². The fraction of sp³-hybridized carbons (Fsp3) is 0.471. The van der Waals surface area contributed by atoms with Crippen molar-refractivity contribution in [1.29, 1.82) is 0 Å². The summed E-state index contributed by atoms with van der Waals surface area (Å²) in [6, 6.07) is 3.10. The molecule has 1 fully saturated rings. The summed E-state index contributed by atoms with van der Waals surface area (Å²) < 4.78 is 38.9. The van der Waals surface area contributed by atoms with E-state index in [1.165, 1.54) is 32.3 Å². The number of nitrogens with zero attached hydrogens (tertiary/aromatic N) is 1. The van der Waals surface area contributed by atoms with E-state index >= 15 is 0 Å². The van der Waals surface area contributed by atoms with Crippen molar-refractivity contribution in [3.63, 3.8) is 0 Å². The van der Waals surface area contributed by atoms with Crippen LogP contribution in [0.3, 0.4) is 0 Å². The topological polar surface area (TPSA) is 82.1 Å². The van der Waals surface area contributed by atoms with Gasteiger partial charge in [0.15, 0.2) is 21.3 Å². The van der Waals surface area contributed by atoms with E-state index in [0.29, 0.717) is 29.2 Å². The Kier molecular flexibility index (Phi) is 5.94. The zero-order valence-electron chi connectivity index (χ0n) is 14.8. The van der Waals surface area contributed by atoms with E-state index in [1.54, 1.807) is 25.3 Å². The van der Waals surface area contributed by atoms with Gasteiger partial charge < -0.3 is 19.1 Å². The third-order valence-corrected chi connectivity index (χ3v) is 6.00. The van der Waals surface area contributed by atoms with Crippen molar-refractivity contribution in [3.05, 3.63) is 23.8 Å². The molecule has 1 aromatic rings. The number of rotatable bonds is 6. The lowest BCUT2D eigenvalue weighted by Gasteiger charge is -2.21. The second-order valence-electron chi connectivity index (χ2n) is 5.79. The fourth-order valence-corrected chi connectivity index (χ4v) is 4.50. The van der Waals surface area contributed by atoms with E-state index in [1.807, 2.05) is 0 Å². The van der Waals surface area contributed by atoms with Gasteiger partial charge in [0.2, 0.25) is 5.91 Å². The molecule has 0 radical (unpaired) electrons. The normalized spacial score (nSPS) is 19.0. The lowest BCUT2D eigenvalue weighted by atomic mass is 10.1. The maximum absolute atomic E-state index is 12.3. The molecule has 1 unspecified atom stereocenters. The summed E-state index contributed by atoms with van der Waals surface area (Å²) in [4.78, 5) is 13.8. The average Bonchev–Trinajstić information content (AvgIpc) is 2.97. The quantitative estimate of drug-likeness (QED) is 0.705. The van der Waals surface area contributed by atoms with Gasteiger partial charge in [0.1, 0.15) is 5.75 Å². The van der Waals surface area contributed by atoms with Gasteiger partial charge in [-0.05, 0) is 18.6 Å². The fourth-order valence-electron chi connectivity index (χ4n) is 2.72. The second-order valence-corrected chi connectivity index (χ2v) is 8.02. The van der Waals surface area contributed by atoms with Crippen LogP contribution >= 0.6 is 0 Å². The van der Waals surface area contributed by atoms with Gasteiger partial charge in [0.05, 0.1) is 32.8 Å². The Balaban J connectivity index is 2.19. The predicted molar refractivity (Wildman–Crippen MR) is 95.0 cm³/mol. The van der Waals surface area contributed by atoms with Crippen LogP contribution in [0.4, 0.5) is 0 Å². The summed E-state index contributed by atoms with van der Waals surface area (Å²) in [5, 5.41) is 0. The zero-order chi connectivity index (χ0) is 18.6. The number of likely N-dealkylation sites (N-methyl/N-ethyl adjacent to an activating group) is 1. The Bertz CT molecular complexity index is 772. The number of hydrogen-bond donors (Lipinski definition) is 0. The third kappa shape index (κ3) is 4.45. The molecule has 25 heavy (non-hydrogen) atoms. The number of amides is 1. The molecule has 138 valence electrons. The first-order valence-corrected chi connectivity index (χ1v) is 9.58. The van der Waals surface area contributed by atoms with Crippen LogP contribution in [0.15, 0.2) is 18.2 Å². The largest absolute Gasteiger partial charge is 0.496 e. The summed E-state index contributed by atoms with van der Waals surface area (Å²) in [6.07, 6.45) is 3.48. The van der Waals surface area contributed by atoms with E-state index in [0.717, 1.165) is 0 Å². The number of methoxy groups -OCH3 is 3. The summed E-state index contributed by atoms with van der Waals surface area (Å²) in [7, 11) is 3.16. The Labute approximate surface area is 148 Å². The lowest BCUT2D eigenvalue weighted by Crippen LogP contribution is -2.36. The molecule has 1 amide bonds. The van der Waals surface area contributed by atoms with E-state index in [9.17, 15) is 13.2 Å². The zero-order valence-corrected chi connectivity index (χ0v) is 15.6. The summed E-state index contributed by atoms with van der Waals surface area (Å²) in [5.41, 5.74) is 0.654. The number of carbonyl (C=O) groups is 1. The van der Waals surface area contributed by atoms with Crippen molar-refractivity contribution in [2.45, 2.75) is 12.5 Å². The van der Waals surface area contributed by atoms with Crippen LogP contribution in [0.2, 0.25) is 0 Å². The molecule has 8 heteroatoms. The van der Waals surface area contributed by atoms with Crippen molar-refractivity contribution in [1.82, 2.24) is 4.90 Å². The molecule has 2 rings (SSSR count). The Morgan fingerprint density at radius 2 is 1.72 bits per heavy atom. The molecule has 0 aliphatic carbocycles. The number of sulfone groups is 1. The summed E-state index contributed by atoms with van der Waals surface area (Å²) >= 11 is 0. The first-order chi connectivity index (χ1) is 11.8. The minimum absolute atomic E-state index is 0.0166. The van der Waals surface area contributed by atoms with E-state index < -0.39 is 9.84 Å². The molecule has 1 aliphatic heterocycles. The smallest absolute Gasteiger partial charge is 0.246 e. The molecule has 0 spiro atoms. The highest BCUT2D eigenvalue weighted by molar-refractivity contribution is 7.91. The van der Waals surface area contributed by atoms with Gasteiger partial charge in [-0.1, -0.05) is 0 Å². The maximum Gasteiger partial charge on any atom is 0.246 e. The van der Waals surface area contributed by atoms with Crippen molar-refractivity contribution in [3.8, 4) is 17.2 Å². The van der Waals surface area contributed by atoms with Gasteiger partial charge >= 0.3 is 0 Å². The highest BCUT2D eigenvalue weighted by atomic mass is 32.2. The maximum atomic E-state index is 12.3. The first-order valence-electron chi connectivity index (χ1n) is 7.76. The van der Waals surface area contributed by atoms with Gasteiger partial charge in [-0.3, -0.25) is 4.79 Å². The third-order valence-electron chi connectivity index (χ3n) is 4.25. The minimum atomic E-state index is -3.04. The van der Waals surface area contributed by atoms with Crippen molar-refractivity contribution < 1.29 is 27.4 Å². The Morgan fingerprint density at radius 3 is 2.24 bits per heavy atom. The van der Waals surface area contributed by atoms with Crippen molar-refractivity contribution >= 4 is 21.8 Å². The molecular weight excluding hydrogens is 346 g/mol. The summed E-state index contributed by atoms with van der Waals surface area (Å²) in [5.74, 6) is 1.46. The van der Waals surface area contributed by atoms with Crippen molar-refractivity contribution in [2.24, 2.45) is 0 Å². The molecule has 1 saturated heterocycles. The van der Waals surface area contributed by atoms with Gasteiger partial charge in [0.25, 0.3) is 0 Å². The van der Waals surface area contributed by atoms with Crippen LogP contribution < -0.4 is 14.2 Å². The summed E-state index contributed by atoms with van der Waals surface area (Å²) in [6.45, 7) is 0. The minimum Gasteiger partial charge on any atom is -0.496 e. The van der Waals surface area contributed by atoms with Crippen LogP contribution in [0.1, 0.15) is 12.0 Å².